The average Bonchev–Trinajstić information content (AvgIpc) is 3.10. The van der Waals surface area contributed by atoms with Gasteiger partial charge in [0.15, 0.2) is 0 Å². The summed E-state index contributed by atoms with van der Waals surface area (Å²) in [6.45, 7) is 2.99. The van der Waals surface area contributed by atoms with Crippen LogP contribution in [0.2, 0.25) is 0 Å². The molecule has 1 rings (SSSR count). The zero-order chi connectivity index (χ0) is 13.8. The van der Waals surface area contributed by atoms with Crippen molar-refractivity contribution in [1.29, 1.82) is 0 Å². The molecule has 1 aliphatic rings. The zero-order valence-electron chi connectivity index (χ0n) is 11.1. The van der Waals surface area contributed by atoms with Gasteiger partial charge in [-0.05, 0) is 19.8 Å². The second kappa shape index (κ2) is 6.15. The van der Waals surface area contributed by atoms with Gasteiger partial charge in [0.25, 0.3) is 0 Å². The highest BCUT2D eigenvalue weighted by Gasteiger charge is 2.58. The molecule has 104 valence electrons. The first kappa shape index (κ1) is 14.9. The van der Waals surface area contributed by atoms with E-state index in [-0.39, 0.29) is 11.9 Å². The first-order valence-electron chi connectivity index (χ1n) is 6.02. The quantitative estimate of drug-likeness (QED) is 0.637. The number of ether oxygens (including phenoxy) is 2. The molecule has 0 aromatic heterocycles. The fourth-order valence-corrected chi connectivity index (χ4v) is 1.96. The van der Waals surface area contributed by atoms with E-state index in [1.54, 1.807) is 19.1 Å². The van der Waals surface area contributed by atoms with Gasteiger partial charge >= 0.3 is 5.97 Å². The summed E-state index contributed by atoms with van der Waals surface area (Å²) < 4.78 is 9.99. The molecule has 0 bridgehead atoms. The first-order chi connectivity index (χ1) is 8.49. The molecule has 1 fully saturated rings. The number of aliphatic carboxylic acids is 1. The molecule has 1 saturated carbocycles. The number of carbonyl (C=O) groups excluding carboxylic acids is 1. The summed E-state index contributed by atoms with van der Waals surface area (Å²) in [6.07, 6.45) is 0.842. The molecule has 18 heavy (non-hydrogen) atoms. The van der Waals surface area contributed by atoms with Crippen molar-refractivity contribution in [3.05, 3.63) is 0 Å². The van der Waals surface area contributed by atoms with E-state index in [9.17, 15) is 9.59 Å². The van der Waals surface area contributed by atoms with Gasteiger partial charge in [-0.3, -0.25) is 9.59 Å². The Morgan fingerprint density at radius 3 is 2.33 bits per heavy atom. The monoisotopic (exact) mass is 259 g/mol. The van der Waals surface area contributed by atoms with Gasteiger partial charge in [-0.1, -0.05) is 0 Å². The van der Waals surface area contributed by atoms with Crippen LogP contribution in [-0.2, 0) is 19.1 Å². The number of hydrogen-bond acceptors (Lipinski definition) is 4. The number of amides is 1. The van der Waals surface area contributed by atoms with Crippen LogP contribution in [0, 0.1) is 5.41 Å². The SMILES string of the molecule is COCCN(C(=O)C1(C(=O)O)CC1)C(C)COC. The van der Waals surface area contributed by atoms with Crippen molar-refractivity contribution in [1.82, 2.24) is 4.90 Å². The van der Waals surface area contributed by atoms with E-state index in [0.29, 0.717) is 32.6 Å². The van der Waals surface area contributed by atoms with E-state index in [0.717, 1.165) is 0 Å². The van der Waals surface area contributed by atoms with Crippen LogP contribution >= 0.6 is 0 Å². The van der Waals surface area contributed by atoms with E-state index < -0.39 is 11.4 Å². The van der Waals surface area contributed by atoms with Crippen molar-refractivity contribution in [2.45, 2.75) is 25.8 Å². The molecule has 0 radical (unpaired) electrons. The number of carbonyl (C=O) groups is 2. The predicted molar refractivity (Wildman–Crippen MR) is 64.2 cm³/mol. The van der Waals surface area contributed by atoms with Gasteiger partial charge in [-0.15, -0.1) is 0 Å². The average molecular weight is 259 g/mol. The number of nitrogens with zero attached hydrogens (tertiary/aromatic N) is 1. The van der Waals surface area contributed by atoms with Gasteiger partial charge in [-0.25, -0.2) is 0 Å². The minimum absolute atomic E-state index is 0.158. The Hall–Kier alpha value is -1.14. The van der Waals surface area contributed by atoms with Crippen molar-refractivity contribution in [3.8, 4) is 0 Å². The summed E-state index contributed by atoms with van der Waals surface area (Å²) in [5.74, 6) is -1.35. The van der Waals surface area contributed by atoms with Gasteiger partial charge in [0.2, 0.25) is 5.91 Å². The van der Waals surface area contributed by atoms with E-state index >= 15 is 0 Å². The van der Waals surface area contributed by atoms with Crippen LogP contribution in [-0.4, -0.2) is 61.9 Å². The first-order valence-corrected chi connectivity index (χ1v) is 6.02. The molecule has 0 spiro atoms. The van der Waals surface area contributed by atoms with Crippen molar-refractivity contribution in [2.75, 3.05) is 34.0 Å². The minimum Gasteiger partial charge on any atom is -0.480 e. The summed E-state index contributed by atoms with van der Waals surface area (Å²) in [6, 6.07) is -0.158. The highest BCUT2D eigenvalue weighted by atomic mass is 16.5. The fraction of sp³-hybridized carbons (Fsp3) is 0.833. The molecule has 1 aliphatic carbocycles. The third-order valence-corrected chi connectivity index (χ3v) is 3.31. The molecule has 0 aromatic rings. The maximum Gasteiger partial charge on any atom is 0.319 e. The lowest BCUT2D eigenvalue weighted by molar-refractivity contribution is -0.155. The number of hydrogen-bond donors (Lipinski definition) is 1. The van der Waals surface area contributed by atoms with E-state index in [1.165, 1.54) is 0 Å². The van der Waals surface area contributed by atoms with Crippen molar-refractivity contribution in [2.24, 2.45) is 5.41 Å². The van der Waals surface area contributed by atoms with Gasteiger partial charge in [0, 0.05) is 20.8 Å². The third-order valence-electron chi connectivity index (χ3n) is 3.31. The molecule has 0 aromatic carbocycles. The van der Waals surface area contributed by atoms with Crippen LogP contribution in [0.3, 0.4) is 0 Å². The Kier molecular flexibility index (Phi) is 5.10. The molecular formula is C12H21NO5. The number of carboxylic acids is 1. The summed E-state index contributed by atoms with van der Waals surface area (Å²) in [5.41, 5.74) is -1.20. The summed E-state index contributed by atoms with van der Waals surface area (Å²) in [7, 11) is 3.10. The van der Waals surface area contributed by atoms with Crippen molar-refractivity contribution in [3.63, 3.8) is 0 Å². The maximum absolute atomic E-state index is 12.3. The van der Waals surface area contributed by atoms with Crippen LogP contribution < -0.4 is 0 Å². The van der Waals surface area contributed by atoms with Crippen LogP contribution in [0.5, 0.6) is 0 Å². The Morgan fingerprint density at radius 1 is 1.33 bits per heavy atom. The normalized spacial score (nSPS) is 18.2. The molecule has 6 heteroatoms. The van der Waals surface area contributed by atoms with E-state index in [4.69, 9.17) is 14.6 Å². The van der Waals surface area contributed by atoms with Crippen molar-refractivity contribution >= 4 is 11.9 Å². The van der Waals surface area contributed by atoms with Gasteiger partial charge < -0.3 is 19.5 Å². The molecule has 1 atom stereocenters. The van der Waals surface area contributed by atoms with Crippen molar-refractivity contribution < 1.29 is 24.2 Å². The maximum atomic E-state index is 12.3. The number of carboxylic acid groups (broad SMARTS) is 1. The second-order valence-electron chi connectivity index (χ2n) is 4.68. The van der Waals surface area contributed by atoms with Crippen LogP contribution in [0.25, 0.3) is 0 Å². The van der Waals surface area contributed by atoms with Crippen LogP contribution in [0.4, 0.5) is 0 Å². The summed E-state index contributed by atoms with van der Waals surface area (Å²) >= 11 is 0. The highest BCUT2D eigenvalue weighted by Crippen LogP contribution is 2.47. The topological polar surface area (TPSA) is 76.1 Å². The minimum atomic E-state index is -1.20. The largest absolute Gasteiger partial charge is 0.480 e. The molecule has 1 amide bonds. The lowest BCUT2D eigenvalue weighted by atomic mass is 10.0. The van der Waals surface area contributed by atoms with Gasteiger partial charge in [-0.2, -0.15) is 0 Å². The summed E-state index contributed by atoms with van der Waals surface area (Å²) in [4.78, 5) is 25.0. The molecule has 1 N–H and O–H groups in total. The molecule has 6 nitrogen and oxygen atoms in total. The molecule has 0 heterocycles. The van der Waals surface area contributed by atoms with E-state index in [2.05, 4.69) is 0 Å². The standard InChI is InChI=1S/C12H21NO5/c1-9(8-18-3)13(6-7-17-2)10(14)12(4-5-12)11(15)16/h9H,4-8H2,1-3H3,(H,15,16). The number of methoxy groups -OCH3 is 2. The Bertz CT molecular complexity index is 314. The fourth-order valence-electron chi connectivity index (χ4n) is 1.96. The molecular weight excluding hydrogens is 238 g/mol. The Balaban J connectivity index is 2.76. The van der Waals surface area contributed by atoms with Gasteiger partial charge in [0.05, 0.1) is 19.3 Å². The Morgan fingerprint density at radius 2 is 1.94 bits per heavy atom. The molecule has 1 unspecified atom stereocenters. The lowest BCUT2D eigenvalue weighted by Crippen LogP contribution is -2.48. The molecule has 0 saturated heterocycles. The number of rotatable bonds is 8. The third kappa shape index (κ3) is 3.00. The summed E-state index contributed by atoms with van der Waals surface area (Å²) in [5, 5.41) is 9.15. The molecule has 0 aliphatic heterocycles. The van der Waals surface area contributed by atoms with E-state index in [1.807, 2.05) is 6.92 Å². The highest BCUT2D eigenvalue weighted by molar-refractivity contribution is 6.04. The smallest absolute Gasteiger partial charge is 0.319 e. The van der Waals surface area contributed by atoms with Crippen LogP contribution in [0.15, 0.2) is 0 Å². The predicted octanol–water partition coefficient (Wildman–Crippen LogP) is 0.361. The second-order valence-corrected chi connectivity index (χ2v) is 4.68. The van der Waals surface area contributed by atoms with Gasteiger partial charge in [0.1, 0.15) is 5.41 Å². The Labute approximate surface area is 107 Å². The zero-order valence-corrected chi connectivity index (χ0v) is 11.1. The lowest BCUT2D eigenvalue weighted by Gasteiger charge is -2.31. The van der Waals surface area contributed by atoms with Crippen LogP contribution in [0.1, 0.15) is 19.8 Å².